The first-order valence-corrected chi connectivity index (χ1v) is 10.9. The summed E-state index contributed by atoms with van der Waals surface area (Å²) >= 11 is 0. The van der Waals surface area contributed by atoms with Crippen LogP contribution in [0.15, 0.2) is 83.8 Å². The zero-order chi connectivity index (χ0) is 21.7. The molecule has 0 aliphatic carbocycles. The highest BCUT2D eigenvalue weighted by Gasteiger charge is 2.31. The summed E-state index contributed by atoms with van der Waals surface area (Å²) in [6, 6.07) is 23.7. The third kappa shape index (κ3) is 5.06. The van der Waals surface area contributed by atoms with Crippen LogP contribution in [0, 0.1) is 6.92 Å². The fourth-order valence-electron chi connectivity index (χ4n) is 3.48. The van der Waals surface area contributed by atoms with E-state index < -0.39 is 16.2 Å². The zero-order valence-electron chi connectivity index (χ0n) is 16.5. The minimum Gasteiger partial charge on any atom is -0.465 e. The molecule has 1 atom stereocenters. The molecule has 0 saturated carbocycles. The van der Waals surface area contributed by atoms with Crippen LogP contribution in [0.2, 0.25) is 0 Å². The Kier molecular flexibility index (Phi) is 6.54. The van der Waals surface area contributed by atoms with Crippen LogP contribution in [0.25, 0.3) is 0 Å². The fraction of sp³-hybridized carbons (Fsp3) is 0.174. The van der Waals surface area contributed by atoms with Gasteiger partial charge in [0.25, 0.3) is 10.1 Å². The Morgan fingerprint density at radius 1 is 0.933 bits per heavy atom. The second kappa shape index (κ2) is 9.11. The van der Waals surface area contributed by atoms with Gasteiger partial charge in [-0.05, 0) is 42.2 Å². The van der Waals surface area contributed by atoms with Crippen molar-refractivity contribution < 1.29 is 22.9 Å². The van der Waals surface area contributed by atoms with Gasteiger partial charge < -0.3 is 5.11 Å². The smallest absolute Gasteiger partial charge is 0.408 e. The van der Waals surface area contributed by atoms with E-state index >= 15 is 0 Å². The van der Waals surface area contributed by atoms with Gasteiger partial charge in [0.1, 0.15) is 0 Å². The molecule has 0 fully saturated rings. The number of hydrogen-bond donors (Lipinski definition) is 2. The van der Waals surface area contributed by atoms with E-state index in [1.54, 1.807) is 12.1 Å². The van der Waals surface area contributed by atoms with E-state index in [0.29, 0.717) is 6.54 Å². The number of aryl methyl sites for hydroxylation is 1. The van der Waals surface area contributed by atoms with E-state index in [0.717, 1.165) is 23.1 Å². The largest absolute Gasteiger partial charge is 0.465 e. The van der Waals surface area contributed by atoms with E-state index in [4.69, 9.17) is 4.55 Å². The normalized spacial score (nSPS) is 15.5. The lowest BCUT2D eigenvalue weighted by Gasteiger charge is -2.35. The summed E-state index contributed by atoms with van der Waals surface area (Å²) in [5.41, 5.74) is 4.32. The van der Waals surface area contributed by atoms with Crippen molar-refractivity contribution in [1.29, 1.82) is 0 Å². The fourth-order valence-corrected chi connectivity index (χ4v) is 3.96. The Labute approximate surface area is 176 Å². The van der Waals surface area contributed by atoms with Crippen molar-refractivity contribution in [3.63, 3.8) is 0 Å². The highest BCUT2D eigenvalue weighted by Crippen LogP contribution is 2.34. The van der Waals surface area contributed by atoms with Crippen molar-refractivity contribution in [2.45, 2.75) is 24.3 Å². The van der Waals surface area contributed by atoms with Gasteiger partial charge in [-0.2, -0.15) is 8.42 Å². The maximum Gasteiger partial charge on any atom is 0.408 e. The number of carboxylic acid groups (broad SMARTS) is 1. The lowest BCUT2D eigenvalue weighted by Crippen LogP contribution is -2.39. The molecule has 1 aliphatic rings. The number of rotatable bonds is 2. The molecule has 7 heteroatoms. The SMILES string of the molecule is Cc1ccc(S(=O)(=O)O)cc1.O=C(O)N1CCc2ccccc2[C@H]1c1ccccc1. The zero-order valence-corrected chi connectivity index (χ0v) is 17.3. The molecule has 1 heterocycles. The monoisotopic (exact) mass is 425 g/mol. The first kappa shape index (κ1) is 21.5. The van der Waals surface area contributed by atoms with Crippen LogP contribution in [0.5, 0.6) is 0 Å². The van der Waals surface area contributed by atoms with Crippen LogP contribution in [0.1, 0.15) is 28.3 Å². The Morgan fingerprint density at radius 3 is 2.13 bits per heavy atom. The number of fused-ring (bicyclic) bond motifs is 1. The van der Waals surface area contributed by atoms with Gasteiger partial charge >= 0.3 is 6.09 Å². The standard InChI is InChI=1S/C16H15NO2.C7H8O3S/c18-16(19)17-11-10-12-6-4-5-9-14(12)15(17)13-7-2-1-3-8-13;1-6-2-4-7(5-3-6)11(8,9)10/h1-9,15H,10-11H2,(H,18,19);2-5H,1H3,(H,8,9,10)/t15-;/m1./s1. The van der Waals surface area contributed by atoms with Gasteiger partial charge in [-0.15, -0.1) is 0 Å². The quantitative estimate of drug-likeness (QED) is 0.587. The third-order valence-electron chi connectivity index (χ3n) is 4.96. The van der Waals surface area contributed by atoms with Crippen molar-refractivity contribution in [1.82, 2.24) is 4.90 Å². The number of nitrogens with zero attached hydrogens (tertiary/aromatic N) is 1. The minimum atomic E-state index is -4.02. The lowest BCUT2D eigenvalue weighted by atomic mass is 9.88. The maximum absolute atomic E-state index is 11.5. The second-order valence-corrected chi connectivity index (χ2v) is 8.45. The molecule has 6 nitrogen and oxygen atoms in total. The van der Waals surface area contributed by atoms with E-state index in [9.17, 15) is 18.3 Å². The molecule has 0 aromatic heterocycles. The second-order valence-electron chi connectivity index (χ2n) is 7.03. The molecule has 3 aromatic rings. The number of carbonyl (C=O) groups is 1. The topological polar surface area (TPSA) is 94.9 Å². The summed E-state index contributed by atoms with van der Waals surface area (Å²) in [5, 5.41) is 9.42. The molecule has 156 valence electrons. The first-order valence-electron chi connectivity index (χ1n) is 9.44. The summed E-state index contributed by atoms with van der Waals surface area (Å²) in [7, 11) is -4.02. The van der Waals surface area contributed by atoms with Gasteiger partial charge in [0.2, 0.25) is 0 Å². The molecule has 0 saturated heterocycles. The molecule has 3 aromatic carbocycles. The molecule has 1 aliphatic heterocycles. The first-order chi connectivity index (χ1) is 14.3. The average molecular weight is 426 g/mol. The number of hydrogen-bond acceptors (Lipinski definition) is 3. The number of amides is 1. The molecule has 30 heavy (non-hydrogen) atoms. The lowest BCUT2D eigenvalue weighted by molar-refractivity contribution is 0.129. The van der Waals surface area contributed by atoms with Crippen LogP contribution in [0.3, 0.4) is 0 Å². The van der Waals surface area contributed by atoms with Crippen LogP contribution in [0.4, 0.5) is 4.79 Å². The van der Waals surface area contributed by atoms with E-state index in [1.807, 2.05) is 55.5 Å². The summed E-state index contributed by atoms with van der Waals surface area (Å²) in [6.45, 7) is 2.39. The van der Waals surface area contributed by atoms with Crippen molar-refractivity contribution in [3.8, 4) is 0 Å². The maximum atomic E-state index is 11.5. The molecule has 0 unspecified atom stereocenters. The van der Waals surface area contributed by atoms with Crippen LogP contribution >= 0.6 is 0 Å². The molecule has 0 bridgehead atoms. The predicted octanol–water partition coefficient (Wildman–Crippen LogP) is 4.55. The molecule has 0 spiro atoms. The van der Waals surface area contributed by atoms with Crippen molar-refractivity contribution in [2.24, 2.45) is 0 Å². The summed E-state index contributed by atoms with van der Waals surface area (Å²) in [6.07, 6.45) is -0.0745. The van der Waals surface area contributed by atoms with Crippen LogP contribution in [-0.4, -0.2) is 35.6 Å². The highest BCUT2D eigenvalue weighted by atomic mass is 32.2. The van der Waals surface area contributed by atoms with Crippen molar-refractivity contribution >= 4 is 16.2 Å². The molecular weight excluding hydrogens is 402 g/mol. The predicted molar refractivity (Wildman–Crippen MR) is 114 cm³/mol. The third-order valence-corrected chi connectivity index (χ3v) is 5.83. The number of benzene rings is 3. The average Bonchev–Trinajstić information content (AvgIpc) is 2.73. The van der Waals surface area contributed by atoms with E-state index in [1.165, 1.54) is 22.6 Å². The summed E-state index contributed by atoms with van der Waals surface area (Å²) in [5.74, 6) is 0. The van der Waals surface area contributed by atoms with Gasteiger partial charge in [0, 0.05) is 6.54 Å². The van der Waals surface area contributed by atoms with Gasteiger partial charge in [-0.1, -0.05) is 72.3 Å². The molecule has 2 N–H and O–H groups in total. The summed E-state index contributed by atoms with van der Waals surface area (Å²) < 4.78 is 29.6. The Morgan fingerprint density at radius 2 is 1.53 bits per heavy atom. The van der Waals surface area contributed by atoms with Gasteiger partial charge in [0.05, 0.1) is 10.9 Å². The van der Waals surface area contributed by atoms with Crippen LogP contribution in [-0.2, 0) is 16.5 Å². The molecule has 4 rings (SSSR count). The highest BCUT2D eigenvalue weighted by molar-refractivity contribution is 7.85. The molecule has 0 radical (unpaired) electrons. The van der Waals surface area contributed by atoms with Gasteiger partial charge in [-0.3, -0.25) is 9.45 Å². The van der Waals surface area contributed by atoms with Gasteiger partial charge in [0.15, 0.2) is 0 Å². The molecule has 1 amide bonds. The van der Waals surface area contributed by atoms with Crippen molar-refractivity contribution in [2.75, 3.05) is 6.54 Å². The Bertz CT molecular complexity index is 1110. The van der Waals surface area contributed by atoms with Gasteiger partial charge in [-0.25, -0.2) is 4.79 Å². The Balaban J connectivity index is 0.000000199. The Hall–Kier alpha value is -3.16. The summed E-state index contributed by atoms with van der Waals surface area (Å²) in [4.78, 5) is 12.9. The minimum absolute atomic E-state index is 0.0666. The molecular formula is C23H23NO5S. The van der Waals surface area contributed by atoms with E-state index in [-0.39, 0.29) is 10.9 Å². The van der Waals surface area contributed by atoms with Crippen molar-refractivity contribution in [3.05, 3.63) is 101 Å². The van der Waals surface area contributed by atoms with E-state index in [2.05, 4.69) is 6.07 Å². The van der Waals surface area contributed by atoms with Crippen LogP contribution < -0.4 is 0 Å².